The molecule has 2 N–H and O–H groups in total. The molecule has 0 bridgehead atoms. The van der Waals surface area contributed by atoms with Crippen LogP contribution in [-0.4, -0.2) is 15.7 Å². The van der Waals surface area contributed by atoms with E-state index in [1.54, 1.807) is 72.8 Å². The average molecular weight is 557 g/mol. The van der Waals surface area contributed by atoms with Crippen LogP contribution in [0.25, 0.3) is 5.69 Å². The minimum Gasteiger partial charge on any atom is -0.453 e. The van der Waals surface area contributed by atoms with Crippen molar-refractivity contribution in [1.29, 1.82) is 0 Å². The quantitative estimate of drug-likeness (QED) is 0.215. The minimum absolute atomic E-state index is 0.117. The summed E-state index contributed by atoms with van der Waals surface area (Å²) in [4.78, 5) is 26.5. The van der Waals surface area contributed by atoms with Crippen LogP contribution < -0.4 is 20.9 Å². The zero-order valence-corrected chi connectivity index (χ0v) is 22.0. The lowest BCUT2D eigenvalue weighted by Crippen LogP contribution is -2.24. The number of carbonyl (C=O) groups excluding carboxylic acids is 1. The van der Waals surface area contributed by atoms with Crippen molar-refractivity contribution in [3.05, 3.63) is 141 Å². The van der Waals surface area contributed by atoms with Crippen molar-refractivity contribution in [2.75, 3.05) is 5.32 Å². The van der Waals surface area contributed by atoms with Crippen molar-refractivity contribution in [3.8, 4) is 17.2 Å². The lowest BCUT2D eigenvalue weighted by molar-refractivity contribution is 0.0951. The highest BCUT2D eigenvalue weighted by molar-refractivity contribution is 6.31. The molecular formula is C30H22Cl2N4O3. The number of hydrogen-bond donors (Lipinski definition) is 2. The fourth-order valence-electron chi connectivity index (χ4n) is 3.84. The first kappa shape index (κ1) is 26.0. The Hall–Kier alpha value is -4.59. The summed E-state index contributed by atoms with van der Waals surface area (Å²) in [7, 11) is 0. The summed E-state index contributed by atoms with van der Waals surface area (Å²) in [6.45, 7) is 0.393. The van der Waals surface area contributed by atoms with E-state index in [-0.39, 0.29) is 17.3 Å². The van der Waals surface area contributed by atoms with Crippen molar-refractivity contribution in [3.63, 3.8) is 0 Å². The van der Waals surface area contributed by atoms with E-state index in [0.29, 0.717) is 39.3 Å². The Kier molecular flexibility index (Phi) is 7.91. The summed E-state index contributed by atoms with van der Waals surface area (Å²) in [5, 5.41) is 11.3. The van der Waals surface area contributed by atoms with E-state index < -0.39 is 5.56 Å². The van der Waals surface area contributed by atoms with Gasteiger partial charge in [0.25, 0.3) is 11.5 Å². The minimum atomic E-state index is -0.476. The summed E-state index contributed by atoms with van der Waals surface area (Å²) in [5.74, 6) is 0.366. The molecule has 0 saturated carbocycles. The Morgan fingerprint density at radius 2 is 1.59 bits per heavy atom. The van der Waals surface area contributed by atoms with E-state index >= 15 is 0 Å². The van der Waals surface area contributed by atoms with E-state index in [4.69, 9.17) is 27.9 Å². The number of aromatic nitrogens is 2. The fourth-order valence-corrected chi connectivity index (χ4v) is 4.21. The van der Waals surface area contributed by atoms with Crippen LogP contribution in [0.4, 0.5) is 11.4 Å². The summed E-state index contributed by atoms with van der Waals surface area (Å²) in [5.41, 5.74) is 2.06. The second-order valence-electron chi connectivity index (χ2n) is 8.51. The van der Waals surface area contributed by atoms with Crippen molar-refractivity contribution >= 4 is 40.5 Å². The third-order valence-electron chi connectivity index (χ3n) is 5.71. The molecule has 39 heavy (non-hydrogen) atoms. The second-order valence-corrected chi connectivity index (χ2v) is 9.39. The Morgan fingerprint density at radius 3 is 2.36 bits per heavy atom. The molecule has 9 heteroatoms. The van der Waals surface area contributed by atoms with Crippen LogP contribution >= 0.6 is 23.2 Å². The molecule has 0 saturated heterocycles. The standard InChI is InChI=1S/C30H22Cl2N4O3/c31-22-10-5-13-25(16-22)36-30(38)28(27(19-34-36)39-26-14-6-11-23(32)17-26)35-24-12-4-9-21(15-24)29(37)33-18-20-7-2-1-3-8-20/h1-17,19,35H,18H2,(H,33,37). The van der Waals surface area contributed by atoms with Crippen LogP contribution in [0.2, 0.25) is 10.0 Å². The van der Waals surface area contributed by atoms with Crippen LogP contribution in [0, 0.1) is 0 Å². The maximum atomic E-state index is 13.7. The van der Waals surface area contributed by atoms with Gasteiger partial charge in [-0.1, -0.05) is 71.7 Å². The first-order chi connectivity index (χ1) is 19.0. The highest BCUT2D eigenvalue weighted by Crippen LogP contribution is 2.30. The molecule has 5 aromatic rings. The number of halogens is 2. The van der Waals surface area contributed by atoms with E-state index in [9.17, 15) is 9.59 Å². The van der Waals surface area contributed by atoms with Crippen LogP contribution in [0.5, 0.6) is 11.5 Å². The number of benzene rings is 4. The molecule has 1 amide bonds. The first-order valence-electron chi connectivity index (χ1n) is 12.0. The summed E-state index contributed by atoms with van der Waals surface area (Å²) in [6.07, 6.45) is 1.43. The van der Waals surface area contributed by atoms with Gasteiger partial charge in [-0.3, -0.25) is 9.59 Å². The molecule has 0 fully saturated rings. The number of hydrogen-bond acceptors (Lipinski definition) is 5. The van der Waals surface area contributed by atoms with Gasteiger partial charge in [-0.15, -0.1) is 0 Å². The molecule has 5 rings (SSSR count). The Bertz CT molecular complexity index is 1690. The monoisotopic (exact) mass is 556 g/mol. The van der Waals surface area contributed by atoms with E-state index in [0.717, 1.165) is 5.56 Å². The van der Waals surface area contributed by atoms with E-state index in [1.807, 2.05) is 30.3 Å². The number of carbonyl (C=O) groups is 1. The maximum absolute atomic E-state index is 13.7. The van der Waals surface area contributed by atoms with Crippen LogP contribution in [-0.2, 0) is 6.54 Å². The van der Waals surface area contributed by atoms with Crippen molar-refractivity contribution < 1.29 is 9.53 Å². The lowest BCUT2D eigenvalue weighted by atomic mass is 10.1. The molecule has 0 radical (unpaired) electrons. The molecular weight excluding hydrogens is 535 g/mol. The van der Waals surface area contributed by atoms with Gasteiger partial charge in [0.15, 0.2) is 11.4 Å². The highest BCUT2D eigenvalue weighted by atomic mass is 35.5. The molecule has 0 unspecified atom stereocenters. The zero-order chi connectivity index (χ0) is 27.2. The van der Waals surface area contributed by atoms with Gasteiger partial charge >= 0.3 is 0 Å². The Balaban J connectivity index is 1.47. The molecule has 1 heterocycles. The van der Waals surface area contributed by atoms with Gasteiger partial charge in [0, 0.05) is 27.8 Å². The van der Waals surface area contributed by atoms with Gasteiger partial charge < -0.3 is 15.4 Å². The Morgan fingerprint density at radius 1 is 0.846 bits per heavy atom. The third-order valence-corrected chi connectivity index (χ3v) is 6.18. The fraction of sp³-hybridized carbons (Fsp3) is 0.0333. The second kappa shape index (κ2) is 11.9. The summed E-state index contributed by atoms with van der Waals surface area (Å²) >= 11 is 12.3. The molecule has 0 aliphatic rings. The van der Waals surface area contributed by atoms with Gasteiger partial charge in [0.2, 0.25) is 0 Å². The Labute approximate surface area is 234 Å². The van der Waals surface area contributed by atoms with E-state index in [2.05, 4.69) is 15.7 Å². The van der Waals surface area contributed by atoms with Crippen LogP contribution in [0.15, 0.2) is 114 Å². The summed E-state index contributed by atoms with van der Waals surface area (Å²) < 4.78 is 7.21. The maximum Gasteiger partial charge on any atom is 0.299 e. The van der Waals surface area contributed by atoms with Crippen molar-refractivity contribution in [2.45, 2.75) is 6.54 Å². The number of rotatable bonds is 8. The smallest absolute Gasteiger partial charge is 0.299 e. The van der Waals surface area contributed by atoms with Crippen LogP contribution in [0.1, 0.15) is 15.9 Å². The average Bonchev–Trinajstić information content (AvgIpc) is 2.94. The molecule has 0 spiro atoms. The van der Waals surface area contributed by atoms with Gasteiger partial charge in [-0.2, -0.15) is 9.78 Å². The molecule has 4 aromatic carbocycles. The van der Waals surface area contributed by atoms with Crippen molar-refractivity contribution in [2.24, 2.45) is 0 Å². The largest absolute Gasteiger partial charge is 0.453 e. The van der Waals surface area contributed by atoms with Gasteiger partial charge in [0.05, 0.1) is 11.9 Å². The van der Waals surface area contributed by atoms with Crippen LogP contribution in [0.3, 0.4) is 0 Å². The van der Waals surface area contributed by atoms with E-state index in [1.165, 1.54) is 10.9 Å². The van der Waals surface area contributed by atoms with Gasteiger partial charge in [0.1, 0.15) is 5.75 Å². The number of ether oxygens (including phenoxy) is 1. The molecule has 0 atom stereocenters. The first-order valence-corrected chi connectivity index (χ1v) is 12.7. The molecule has 194 valence electrons. The zero-order valence-electron chi connectivity index (χ0n) is 20.5. The van der Waals surface area contributed by atoms with Gasteiger partial charge in [-0.25, -0.2) is 0 Å². The molecule has 0 aliphatic carbocycles. The highest BCUT2D eigenvalue weighted by Gasteiger charge is 2.17. The lowest BCUT2D eigenvalue weighted by Gasteiger charge is -2.15. The van der Waals surface area contributed by atoms with Gasteiger partial charge in [-0.05, 0) is 60.2 Å². The third kappa shape index (κ3) is 6.46. The molecule has 0 aliphatic heterocycles. The van der Waals surface area contributed by atoms with Crippen molar-refractivity contribution in [1.82, 2.24) is 15.1 Å². The predicted molar refractivity (Wildman–Crippen MR) is 154 cm³/mol. The normalized spacial score (nSPS) is 10.6. The predicted octanol–water partition coefficient (Wildman–Crippen LogP) is 7.01. The number of nitrogens with zero attached hydrogens (tertiary/aromatic N) is 2. The molecule has 1 aromatic heterocycles. The SMILES string of the molecule is O=C(NCc1ccccc1)c1cccc(Nc2c(Oc3cccc(Cl)c3)cnn(-c3cccc(Cl)c3)c2=O)c1. The summed E-state index contributed by atoms with van der Waals surface area (Å²) in [6, 6.07) is 30.1. The molecule has 7 nitrogen and oxygen atoms in total. The number of amides is 1. The number of nitrogens with one attached hydrogen (secondary N) is 2. The number of anilines is 2. The topological polar surface area (TPSA) is 85.2 Å².